The summed E-state index contributed by atoms with van der Waals surface area (Å²) in [6.45, 7) is 0. The summed E-state index contributed by atoms with van der Waals surface area (Å²) in [5.41, 5.74) is 1.29. The number of rotatable bonds is 4. The summed E-state index contributed by atoms with van der Waals surface area (Å²) in [5.74, 6) is 0.0638. The number of hydrogen-bond donors (Lipinski definition) is 2. The van der Waals surface area contributed by atoms with Gasteiger partial charge in [-0.2, -0.15) is 5.26 Å². The van der Waals surface area contributed by atoms with Gasteiger partial charge in [0.15, 0.2) is 5.13 Å². The van der Waals surface area contributed by atoms with Crippen molar-refractivity contribution in [2.75, 3.05) is 10.6 Å². The number of nitrogens with one attached hydrogen (secondary N) is 2. The van der Waals surface area contributed by atoms with Crippen molar-refractivity contribution in [3.05, 3.63) is 59.4 Å². The van der Waals surface area contributed by atoms with E-state index in [0.29, 0.717) is 22.3 Å². The minimum absolute atomic E-state index is 0.274. The molecule has 0 fully saturated rings. The normalized spacial score (nSPS) is 9.87. The van der Waals surface area contributed by atoms with Crippen LogP contribution >= 0.6 is 11.3 Å². The van der Waals surface area contributed by atoms with Crippen LogP contribution in [0.4, 0.5) is 16.8 Å². The van der Waals surface area contributed by atoms with Gasteiger partial charge in [0.2, 0.25) is 5.95 Å². The SMILES string of the molecule is N#Cc1cccc(NC(=O)c2csc(Nc3ncccn3)n2)c1. The second kappa shape index (κ2) is 6.64. The maximum absolute atomic E-state index is 12.2. The number of amides is 1. The second-order valence-electron chi connectivity index (χ2n) is 4.38. The summed E-state index contributed by atoms with van der Waals surface area (Å²) in [7, 11) is 0. The Morgan fingerprint density at radius 1 is 1.22 bits per heavy atom. The number of aromatic nitrogens is 3. The van der Waals surface area contributed by atoms with Crippen molar-refractivity contribution in [1.29, 1.82) is 5.26 Å². The highest BCUT2D eigenvalue weighted by Gasteiger charge is 2.12. The van der Waals surface area contributed by atoms with E-state index in [4.69, 9.17) is 5.26 Å². The topological polar surface area (TPSA) is 104 Å². The fourth-order valence-corrected chi connectivity index (χ4v) is 2.44. The molecule has 0 atom stereocenters. The number of benzene rings is 1. The highest BCUT2D eigenvalue weighted by atomic mass is 32.1. The van der Waals surface area contributed by atoms with Gasteiger partial charge in [-0.15, -0.1) is 11.3 Å². The van der Waals surface area contributed by atoms with E-state index in [0.717, 1.165) is 0 Å². The van der Waals surface area contributed by atoms with Gasteiger partial charge < -0.3 is 10.6 Å². The quantitative estimate of drug-likeness (QED) is 0.765. The van der Waals surface area contributed by atoms with Gasteiger partial charge in [0.1, 0.15) is 5.69 Å². The molecule has 0 saturated carbocycles. The third-order valence-corrected chi connectivity index (χ3v) is 3.53. The summed E-state index contributed by atoms with van der Waals surface area (Å²) in [5, 5.41) is 16.6. The molecule has 3 aromatic rings. The monoisotopic (exact) mass is 322 g/mol. The van der Waals surface area contributed by atoms with Crippen molar-refractivity contribution < 1.29 is 4.79 Å². The third kappa shape index (κ3) is 3.66. The summed E-state index contributed by atoms with van der Waals surface area (Å²) < 4.78 is 0. The molecule has 8 heteroatoms. The van der Waals surface area contributed by atoms with Gasteiger partial charge in [0.05, 0.1) is 11.6 Å². The summed E-state index contributed by atoms with van der Waals surface area (Å²) >= 11 is 1.28. The number of nitriles is 1. The maximum atomic E-state index is 12.2. The Labute approximate surface area is 135 Å². The molecule has 3 rings (SSSR count). The minimum Gasteiger partial charge on any atom is -0.321 e. The van der Waals surface area contributed by atoms with Crippen molar-refractivity contribution in [2.24, 2.45) is 0 Å². The zero-order valence-corrected chi connectivity index (χ0v) is 12.5. The molecule has 0 radical (unpaired) electrons. The smallest absolute Gasteiger partial charge is 0.275 e. The van der Waals surface area contributed by atoms with Gasteiger partial charge in [-0.25, -0.2) is 15.0 Å². The van der Waals surface area contributed by atoms with E-state index in [2.05, 4.69) is 25.6 Å². The molecule has 2 N–H and O–H groups in total. The molecule has 2 heterocycles. The van der Waals surface area contributed by atoms with Crippen molar-refractivity contribution in [3.8, 4) is 6.07 Å². The van der Waals surface area contributed by atoms with Gasteiger partial charge in [0.25, 0.3) is 5.91 Å². The fraction of sp³-hybridized carbons (Fsp3) is 0. The van der Waals surface area contributed by atoms with Crippen LogP contribution < -0.4 is 10.6 Å². The molecule has 0 bridgehead atoms. The van der Waals surface area contributed by atoms with E-state index in [1.165, 1.54) is 11.3 Å². The predicted molar refractivity (Wildman–Crippen MR) is 86.5 cm³/mol. The van der Waals surface area contributed by atoms with E-state index in [1.807, 2.05) is 6.07 Å². The first kappa shape index (κ1) is 14.6. The lowest BCUT2D eigenvalue weighted by Gasteiger charge is -2.03. The minimum atomic E-state index is -0.349. The van der Waals surface area contributed by atoms with E-state index >= 15 is 0 Å². The molecule has 0 spiro atoms. The third-order valence-electron chi connectivity index (χ3n) is 2.77. The number of carbonyl (C=O) groups is 1. The van der Waals surface area contributed by atoms with Gasteiger partial charge in [-0.1, -0.05) is 6.07 Å². The number of hydrogen-bond acceptors (Lipinski definition) is 7. The van der Waals surface area contributed by atoms with Crippen LogP contribution in [0.3, 0.4) is 0 Å². The van der Waals surface area contributed by atoms with E-state index in [9.17, 15) is 4.79 Å². The van der Waals surface area contributed by atoms with Crippen LogP contribution in [0.15, 0.2) is 48.1 Å². The van der Waals surface area contributed by atoms with Crippen LogP contribution in [0.5, 0.6) is 0 Å². The lowest BCUT2D eigenvalue weighted by atomic mass is 10.2. The van der Waals surface area contributed by atoms with Crippen LogP contribution in [0, 0.1) is 11.3 Å². The Balaban J connectivity index is 1.70. The number of carbonyl (C=O) groups excluding carboxylic acids is 1. The van der Waals surface area contributed by atoms with E-state index in [1.54, 1.807) is 48.1 Å². The van der Waals surface area contributed by atoms with Gasteiger partial charge in [-0.05, 0) is 24.3 Å². The Morgan fingerprint density at radius 3 is 2.83 bits per heavy atom. The van der Waals surface area contributed by atoms with Crippen LogP contribution in [-0.2, 0) is 0 Å². The van der Waals surface area contributed by atoms with Crippen LogP contribution in [-0.4, -0.2) is 20.9 Å². The average Bonchev–Trinajstić information content (AvgIpc) is 3.04. The number of nitrogens with zero attached hydrogens (tertiary/aromatic N) is 4. The van der Waals surface area contributed by atoms with Crippen LogP contribution in [0.1, 0.15) is 16.1 Å². The standard InChI is InChI=1S/C15H10N6OS/c16-8-10-3-1-4-11(7-10)19-13(22)12-9-23-15(20-12)21-14-17-5-2-6-18-14/h1-7,9H,(H,19,22)(H,17,18,20,21). The number of thiazole rings is 1. The molecule has 1 amide bonds. The van der Waals surface area contributed by atoms with E-state index < -0.39 is 0 Å². The first-order chi connectivity index (χ1) is 11.2. The van der Waals surface area contributed by atoms with Gasteiger partial charge in [-0.3, -0.25) is 4.79 Å². The summed E-state index contributed by atoms with van der Waals surface area (Å²) in [6, 6.07) is 10.4. The number of anilines is 3. The highest BCUT2D eigenvalue weighted by molar-refractivity contribution is 7.14. The molecule has 23 heavy (non-hydrogen) atoms. The van der Waals surface area contributed by atoms with Crippen LogP contribution in [0.2, 0.25) is 0 Å². The van der Waals surface area contributed by atoms with Gasteiger partial charge >= 0.3 is 0 Å². The Morgan fingerprint density at radius 2 is 2.04 bits per heavy atom. The molecule has 0 aliphatic heterocycles. The fourth-order valence-electron chi connectivity index (χ4n) is 1.76. The highest BCUT2D eigenvalue weighted by Crippen LogP contribution is 2.19. The largest absolute Gasteiger partial charge is 0.321 e. The lowest BCUT2D eigenvalue weighted by molar-refractivity contribution is 0.102. The molecular formula is C15H10N6OS. The predicted octanol–water partition coefficient (Wildman–Crippen LogP) is 2.80. The molecule has 0 unspecified atom stereocenters. The van der Waals surface area contributed by atoms with Crippen molar-refractivity contribution in [1.82, 2.24) is 15.0 Å². The Hall–Kier alpha value is -3.31. The summed E-state index contributed by atoms with van der Waals surface area (Å²) in [4.78, 5) is 24.4. The Bertz CT molecular complexity index is 871. The molecular weight excluding hydrogens is 312 g/mol. The van der Waals surface area contributed by atoms with Crippen LogP contribution in [0.25, 0.3) is 0 Å². The molecule has 1 aromatic carbocycles. The Kier molecular flexibility index (Phi) is 4.22. The van der Waals surface area contributed by atoms with Crippen molar-refractivity contribution >= 4 is 34.0 Å². The average molecular weight is 322 g/mol. The molecule has 2 aromatic heterocycles. The summed E-state index contributed by atoms with van der Waals surface area (Å²) in [6.07, 6.45) is 3.22. The van der Waals surface area contributed by atoms with E-state index in [-0.39, 0.29) is 11.6 Å². The zero-order valence-electron chi connectivity index (χ0n) is 11.7. The molecule has 0 saturated heterocycles. The maximum Gasteiger partial charge on any atom is 0.275 e. The molecule has 7 nitrogen and oxygen atoms in total. The molecule has 0 aliphatic carbocycles. The van der Waals surface area contributed by atoms with Gasteiger partial charge in [0, 0.05) is 23.5 Å². The zero-order chi connectivity index (χ0) is 16.1. The first-order valence-corrected chi connectivity index (χ1v) is 7.43. The first-order valence-electron chi connectivity index (χ1n) is 6.56. The lowest BCUT2D eigenvalue weighted by Crippen LogP contribution is -2.12. The second-order valence-corrected chi connectivity index (χ2v) is 5.24. The molecule has 0 aliphatic rings. The van der Waals surface area contributed by atoms with Crippen molar-refractivity contribution in [3.63, 3.8) is 0 Å². The van der Waals surface area contributed by atoms with Crippen molar-refractivity contribution in [2.45, 2.75) is 0 Å². The molecule has 112 valence electrons.